The largest absolute Gasteiger partial charge is 0.494 e. The molecule has 7 nitrogen and oxygen atoms in total. The lowest BCUT2D eigenvalue weighted by Gasteiger charge is -2.54. The summed E-state index contributed by atoms with van der Waals surface area (Å²) < 4.78 is 29.1. The van der Waals surface area contributed by atoms with Crippen molar-refractivity contribution >= 4 is 11.6 Å². The quantitative estimate of drug-likeness (QED) is 0.693. The number of methoxy groups -OCH3 is 4. The number of rotatable bonds is 5. The van der Waals surface area contributed by atoms with Crippen LogP contribution < -0.4 is 14.2 Å². The Labute approximate surface area is 176 Å². The summed E-state index contributed by atoms with van der Waals surface area (Å²) in [5.74, 6) is 4.03. The molecule has 160 valence electrons. The van der Waals surface area contributed by atoms with Crippen molar-refractivity contribution in [3.8, 4) is 17.2 Å². The van der Waals surface area contributed by atoms with Crippen molar-refractivity contribution in [3.63, 3.8) is 0 Å². The van der Waals surface area contributed by atoms with Crippen molar-refractivity contribution < 1.29 is 23.7 Å². The Morgan fingerprint density at radius 3 is 2.77 bits per heavy atom. The van der Waals surface area contributed by atoms with Crippen LogP contribution in [0.1, 0.15) is 18.4 Å². The summed E-state index contributed by atoms with van der Waals surface area (Å²) in [6.45, 7) is 2.39. The van der Waals surface area contributed by atoms with E-state index < -0.39 is 0 Å². The first-order chi connectivity index (χ1) is 14.7. The summed E-state index contributed by atoms with van der Waals surface area (Å²) >= 11 is 0. The zero-order valence-corrected chi connectivity index (χ0v) is 17.9. The number of hydrogen-bond acceptors (Lipinski definition) is 7. The average Bonchev–Trinajstić information content (AvgIpc) is 3.14. The molecule has 30 heavy (non-hydrogen) atoms. The molecule has 7 rings (SSSR count). The normalized spacial score (nSPS) is 38.1. The lowest BCUT2D eigenvalue weighted by atomic mass is 9.68. The fourth-order valence-corrected chi connectivity index (χ4v) is 6.91. The van der Waals surface area contributed by atoms with E-state index in [0.29, 0.717) is 48.6 Å². The fraction of sp³-hybridized carbons (Fsp3) is 0.609. The van der Waals surface area contributed by atoms with Crippen LogP contribution in [0.4, 0.5) is 5.69 Å². The van der Waals surface area contributed by atoms with Gasteiger partial charge in [0.2, 0.25) is 5.90 Å². The van der Waals surface area contributed by atoms with E-state index in [0.717, 1.165) is 42.3 Å². The second kappa shape index (κ2) is 6.37. The smallest absolute Gasteiger partial charge is 0.201 e. The Kier molecular flexibility index (Phi) is 3.93. The van der Waals surface area contributed by atoms with E-state index in [1.54, 1.807) is 28.4 Å². The second-order valence-corrected chi connectivity index (χ2v) is 8.94. The molecule has 5 bridgehead atoms. The van der Waals surface area contributed by atoms with E-state index >= 15 is 0 Å². The lowest BCUT2D eigenvalue weighted by Crippen LogP contribution is -2.61. The first-order valence-electron chi connectivity index (χ1n) is 10.7. The van der Waals surface area contributed by atoms with Crippen LogP contribution in [-0.4, -0.2) is 71.1 Å². The van der Waals surface area contributed by atoms with Gasteiger partial charge in [0.1, 0.15) is 11.4 Å². The van der Waals surface area contributed by atoms with Crippen molar-refractivity contribution in [2.24, 2.45) is 16.8 Å². The van der Waals surface area contributed by atoms with Gasteiger partial charge in [0.25, 0.3) is 0 Å². The number of benzene rings is 1. The lowest BCUT2D eigenvalue weighted by molar-refractivity contribution is -0.0156. The second-order valence-electron chi connectivity index (χ2n) is 8.94. The maximum atomic E-state index is 6.46. The molecular weight excluding hydrogens is 384 g/mol. The molecule has 7 heteroatoms. The van der Waals surface area contributed by atoms with Crippen LogP contribution in [0, 0.1) is 11.8 Å². The minimum absolute atomic E-state index is 0.302. The van der Waals surface area contributed by atoms with Gasteiger partial charge in [-0.1, -0.05) is 11.6 Å². The van der Waals surface area contributed by atoms with Gasteiger partial charge in [-0.3, -0.25) is 4.90 Å². The molecule has 6 aliphatic heterocycles. The van der Waals surface area contributed by atoms with Gasteiger partial charge in [0.15, 0.2) is 11.5 Å². The Bertz CT molecular complexity index is 973. The molecule has 1 spiro atoms. The maximum Gasteiger partial charge on any atom is 0.201 e. The molecule has 6 aliphatic rings. The maximum absolute atomic E-state index is 6.46. The molecule has 6 heterocycles. The molecule has 1 unspecified atom stereocenters. The van der Waals surface area contributed by atoms with Crippen molar-refractivity contribution in [2.45, 2.75) is 30.3 Å². The number of aliphatic imine (C=N–C) groups is 1. The van der Waals surface area contributed by atoms with Crippen molar-refractivity contribution in [3.05, 3.63) is 23.3 Å². The standard InChI is InChI=1S/C23H28N2O5/c1-26-6-5-12-10-25-15-9-23-18(25)7-13(12)14(15)11-30-22(23)24-20-16(27-2)8-17(28-3)21(29-4)19(20)23/h5,8,13-15,18H,6-7,9-11H2,1-4H3/t13-,14-,15-,18-,23-/m1/s1. The number of nitrogens with zero attached hydrogens (tertiary/aromatic N) is 2. The highest BCUT2D eigenvalue weighted by Gasteiger charge is 2.70. The Morgan fingerprint density at radius 2 is 2.03 bits per heavy atom. The highest BCUT2D eigenvalue weighted by Crippen LogP contribution is 2.66. The predicted octanol–water partition coefficient (Wildman–Crippen LogP) is 2.69. The molecule has 0 radical (unpaired) electrons. The van der Waals surface area contributed by atoms with Gasteiger partial charge < -0.3 is 23.7 Å². The predicted molar refractivity (Wildman–Crippen MR) is 111 cm³/mol. The van der Waals surface area contributed by atoms with Crippen LogP contribution in [0.3, 0.4) is 0 Å². The molecule has 1 aromatic carbocycles. The van der Waals surface area contributed by atoms with Crippen molar-refractivity contribution in [2.75, 3.05) is 48.2 Å². The Hall–Kier alpha value is -2.25. The molecule has 0 aromatic heterocycles. The molecule has 1 aromatic rings. The Balaban J connectivity index is 1.54. The third kappa shape index (κ3) is 2.05. The van der Waals surface area contributed by atoms with Crippen molar-refractivity contribution in [1.82, 2.24) is 4.90 Å². The monoisotopic (exact) mass is 412 g/mol. The average molecular weight is 412 g/mol. The van der Waals surface area contributed by atoms with Crippen LogP contribution in [0.2, 0.25) is 0 Å². The summed E-state index contributed by atoms with van der Waals surface area (Å²) in [6.07, 6.45) is 4.40. The van der Waals surface area contributed by atoms with E-state index in [9.17, 15) is 0 Å². The van der Waals surface area contributed by atoms with Crippen LogP contribution in [0.5, 0.6) is 17.2 Å². The van der Waals surface area contributed by atoms with Gasteiger partial charge in [-0.2, -0.15) is 0 Å². The zero-order chi connectivity index (χ0) is 20.6. The van der Waals surface area contributed by atoms with Gasteiger partial charge in [-0.25, -0.2) is 4.99 Å². The number of piperidine rings is 3. The Morgan fingerprint density at radius 1 is 1.20 bits per heavy atom. The van der Waals surface area contributed by atoms with Crippen LogP contribution in [0.15, 0.2) is 22.7 Å². The minimum Gasteiger partial charge on any atom is -0.494 e. The van der Waals surface area contributed by atoms with E-state index in [2.05, 4.69) is 11.0 Å². The number of hydrogen-bond donors (Lipinski definition) is 0. The third-order valence-electron chi connectivity index (χ3n) is 8.05. The summed E-state index contributed by atoms with van der Waals surface area (Å²) in [6, 6.07) is 2.70. The SMILES string of the molecule is COCC=C1CN2[C@@H]3C[C@]45C(=Nc6c(OC)cc(OC)c(OC)c64)OC[C@@H]3[C@@H]1C[C@@H]25. The minimum atomic E-state index is -0.302. The number of ether oxygens (including phenoxy) is 5. The van der Waals surface area contributed by atoms with Crippen molar-refractivity contribution in [1.29, 1.82) is 0 Å². The van der Waals surface area contributed by atoms with Gasteiger partial charge >= 0.3 is 0 Å². The fourth-order valence-electron chi connectivity index (χ4n) is 6.91. The van der Waals surface area contributed by atoms with E-state index in [1.165, 1.54) is 5.57 Å². The van der Waals surface area contributed by atoms with Crippen LogP contribution >= 0.6 is 0 Å². The summed E-state index contributed by atoms with van der Waals surface area (Å²) in [5, 5.41) is 0. The molecule has 0 saturated carbocycles. The third-order valence-corrected chi connectivity index (χ3v) is 8.05. The van der Waals surface area contributed by atoms with Gasteiger partial charge in [-0.05, 0) is 18.8 Å². The van der Waals surface area contributed by atoms with Crippen LogP contribution in [0.25, 0.3) is 0 Å². The summed E-state index contributed by atoms with van der Waals surface area (Å²) in [5.41, 5.74) is 3.12. The number of fused-ring (bicyclic) bond motifs is 2. The summed E-state index contributed by atoms with van der Waals surface area (Å²) in [7, 11) is 6.81. The van der Waals surface area contributed by atoms with Gasteiger partial charge in [0, 0.05) is 43.3 Å². The first-order valence-corrected chi connectivity index (χ1v) is 10.7. The van der Waals surface area contributed by atoms with E-state index in [4.69, 9.17) is 28.7 Å². The topological polar surface area (TPSA) is 61.8 Å². The molecule has 6 atom stereocenters. The molecular formula is C23H28N2O5. The highest BCUT2D eigenvalue weighted by molar-refractivity contribution is 6.01. The van der Waals surface area contributed by atoms with Gasteiger partial charge in [-0.15, -0.1) is 0 Å². The van der Waals surface area contributed by atoms with E-state index in [1.807, 2.05) is 6.07 Å². The van der Waals surface area contributed by atoms with Crippen LogP contribution in [-0.2, 0) is 14.9 Å². The molecule has 5 saturated heterocycles. The molecule has 0 N–H and O–H groups in total. The van der Waals surface area contributed by atoms with Gasteiger partial charge in [0.05, 0.1) is 40.0 Å². The molecule has 0 amide bonds. The molecule has 0 aliphatic carbocycles. The first kappa shape index (κ1) is 18.5. The highest BCUT2D eigenvalue weighted by atomic mass is 16.5. The molecule has 5 fully saturated rings. The summed E-state index contributed by atoms with van der Waals surface area (Å²) in [4.78, 5) is 7.70. The zero-order valence-electron chi connectivity index (χ0n) is 17.9. The van der Waals surface area contributed by atoms with E-state index in [-0.39, 0.29) is 5.41 Å².